The predicted molar refractivity (Wildman–Crippen MR) is 61.2 cm³/mol. The van der Waals surface area contributed by atoms with E-state index in [4.69, 9.17) is 11.6 Å². The Morgan fingerprint density at radius 2 is 2.12 bits per heavy atom. The molecule has 16 heavy (non-hydrogen) atoms. The minimum Gasteiger partial charge on any atom is -0.300 e. The topological polar surface area (TPSA) is 43.1 Å². The summed E-state index contributed by atoms with van der Waals surface area (Å²) in [5.41, 5.74) is 2.60. The first kappa shape index (κ1) is 9.30. The maximum Gasteiger partial charge on any atom is 0.141 e. The van der Waals surface area contributed by atoms with Gasteiger partial charge in [0.05, 0.1) is 11.3 Å². The van der Waals surface area contributed by atoms with Crippen molar-refractivity contribution >= 4 is 17.2 Å². The molecule has 78 valence electrons. The summed E-state index contributed by atoms with van der Waals surface area (Å²) >= 11 is 6.04. The highest BCUT2D eigenvalue weighted by atomic mass is 35.5. The molecule has 5 heteroatoms. The zero-order valence-electron chi connectivity index (χ0n) is 8.21. The number of hydrogen-bond acceptors (Lipinski definition) is 3. The van der Waals surface area contributed by atoms with Gasteiger partial charge in [-0.25, -0.2) is 15.0 Å². The normalized spacial score (nSPS) is 10.8. The third-order valence-corrected chi connectivity index (χ3v) is 2.67. The van der Waals surface area contributed by atoms with E-state index in [1.807, 2.05) is 28.8 Å². The number of nitrogens with zero attached hydrogens (tertiary/aromatic N) is 4. The van der Waals surface area contributed by atoms with Crippen molar-refractivity contribution in [1.29, 1.82) is 0 Å². The third-order valence-electron chi connectivity index (χ3n) is 2.37. The van der Waals surface area contributed by atoms with Crippen LogP contribution in [0.3, 0.4) is 0 Å². The van der Waals surface area contributed by atoms with Crippen molar-refractivity contribution in [3.05, 3.63) is 48.3 Å². The van der Waals surface area contributed by atoms with Crippen molar-refractivity contribution in [1.82, 2.24) is 19.4 Å². The molecule has 0 aromatic carbocycles. The lowest BCUT2D eigenvalue weighted by molar-refractivity contribution is 1.13. The zero-order chi connectivity index (χ0) is 11.0. The number of halogens is 1. The van der Waals surface area contributed by atoms with E-state index in [1.54, 1.807) is 12.4 Å². The van der Waals surface area contributed by atoms with Gasteiger partial charge in [0, 0.05) is 18.6 Å². The van der Waals surface area contributed by atoms with Crippen molar-refractivity contribution in [3.8, 4) is 11.3 Å². The number of rotatable bonds is 1. The van der Waals surface area contributed by atoms with Gasteiger partial charge in [-0.1, -0.05) is 17.7 Å². The minimum absolute atomic E-state index is 0.441. The van der Waals surface area contributed by atoms with Gasteiger partial charge in [0.2, 0.25) is 0 Å². The van der Waals surface area contributed by atoms with E-state index in [-0.39, 0.29) is 0 Å². The zero-order valence-corrected chi connectivity index (χ0v) is 8.96. The summed E-state index contributed by atoms with van der Waals surface area (Å²) in [6.07, 6.45) is 6.76. The molecule has 3 aromatic rings. The Kier molecular flexibility index (Phi) is 2.08. The van der Waals surface area contributed by atoms with Crippen LogP contribution >= 0.6 is 11.6 Å². The molecule has 0 N–H and O–H groups in total. The van der Waals surface area contributed by atoms with Gasteiger partial charge in [0.1, 0.15) is 17.1 Å². The second kappa shape index (κ2) is 3.57. The Morgan fingerprint density at radius 1 is 1.19 bits per heavy atom. The van der Waals surface area contributed by atoms with E-state index in [9.17, 15) is 0 Å². The van der Waals surface area contributed by atoms with Crippen LogP contribution in [-0.4, -0.2) is 19.4 Å². The Hall–Kier alpha value is -1.94. The first-order valence-corrected chi connectivity index (χ1v) is 5.12. The second-order valence-corrected chi connectivity index (χ2v) is 3.65. The lowest BCUT2D eigenvalue weighted by atomic mass is 10.2. The van der Waals surface area contributed by atoms with Gasteiger partial charge >= 0.3 is 0 Å². The summed E-state index contributed by atoms with van der Waals surface area (Å²) in [6.45, 7) is 0. The molecule has 0 radical (unpaired) electrons. The Morgan fingerprint density at radius 3 is 3.00 bits per heavy atom. The van der Waals surface area contributed by atoms with Crippen LogP contribution in [0.1, 0.15) is 0 Å². The van der Waals surface area contributed by atoms with Crippen molar-refractivity contribution in [3.63, 3.8) is 0 Å². The quantitative estimate of drug-likeness (QED) is 0.603. The van der Waals surface area contributed by atoms with Gasteiger partial charge < -0.3 is 0 Å². The molecule has 0 aliphatic rings. The van der Waals surface area contributed by atoms with Crippen LogP contribution in [0.5, 0.6) is 0 Å². The molecule has 3 aromatic heterocycles. The van der Waals surface area contributed by atoms with Gasteiger partial charge in [0.15, 0.2) is 0 Å². The molecule has 0 saturated heterocycles. The van der Waals surface area contributed by atoms with Crippen LogP contribution < -0.4 is 0 Å². The van der Waals surface area contributed by atoms with Crippen molar-refractivity contribution in [2.24, 2.45) is 0 Å². The lowest BCUT2D eigenvalue weighted by Gasteiger charge is -2.05. The molecule has 0 bridgehead atoms. The SMILES string of the molecule is Clc1ncncc1-c1cccc2nccn12. The predicted octanol–water partition coefficient (Wildman–Crippen LogP) is 2.44. The molecule has 3 rings (SSSR count). The maximum atomic E-state index is 6.04. The highest BCUT2D eigenvalue weighted by molar-refractivity contribution is 6.31. The van der Waals surface area contributed by atoms with E-state index in [0.29, 0.717) is 5.15 Å². The van der Waals surface area contributed by atoms with E-state index in [1.165, 1.54) is 6.33 Å². The van der Waals surface area contributed by atoms with Crippen LogP contribution in [0.15, 0.2) is 43.1 Å². The van der Waals surface area contributed by atoms with Crippen molar-refractivity contribution in [2.45, 2.75) is 0 Å². The number of fused-ring (bicyclic) bond motifs is 1. The molecule has 0 atom stereocenters. The van der Waals surface area contributed by atoms with Crippen LogP contribution in [0, 0.1) is 0 Å². The summed E-state index contributed by atoms with van der Waals surface area (Å²) < 4.78 is 1.95. The molecule has 3 heterocycles. The van der Waals surface area contributed by atoms with Gasteiger partial charge in [-0.05, 0) is 12.1 Å². The molecule has 0 aliphatic heterocycles. The number of hydrogen-bond donors (Lipinski definition) is 0. The highest BCUT2D eigenvalue weighted by Crippen LogP contribution is 2.25. The van der Waals surface area contributed by atoms with E-state index < -0.39 is 0 Å². The van der Waals surface area contributed by atoms with Crippen LogP contribution in [0.2, 0.25) is 5.15 Å². The minimum atomic E-state index is 0.441. The average molecular weight is 231 g/mol. The van der Waals surface area contributed by atoms with Crippen LogP contribution in [-0.2, 0) is 0 Å². The monoisotopic (exact) mass is 230 g/mol. The molecule has 0 amide bonds. The fraction of sp³-hybridized carbons (Fsp3) is 0. The lowest BCUT2D eigenvalue weighted by Crippen LogP contribution is -1.93. The average Bonchev–Trinajstić information content (AvgIpc) is 2.77. The first-order chi connectivity index (χ1) is 7.86. The van der Waals surface area contributed by atoms with E-state index in [2.05, 4.69) is 15.0 Å². The van der Waals surface area contributed by atoms with Crippen LogP contribution in [0.4, 0.5) is 0 Å². The summed E-state index contributed by atoms with van der Waals surface area (Å²) in [7, 11) is 0. The Balaban J connectivity index is 2.34. The summed E-state index contributed by atoms with van der Waals surface area (Å²) in [5, 5.41) is 0.441. The van der Waals surface area contributed by atoms with Crippen molar-refractivity contribution in [2.75, 3.05) is 0 Å². The number of aromatic nitrogens is 4. The summed E-state index contributed by atoms with van der Waals surface area (Å²) in [6, 6.07) is 5.82. The molecule has 0 spiro atoms. The molecule has 4 nitrogen and oxygen atoms in total. The smallest absolute Gasteiger partial charge is 0.141 e. The van der Waals surface area contributed by atoms with Gasteiger partial charge in [-0.3, -0.25) is 4.40 Å². The van der Waals surface area contributed by atoms with Crippen LogP contribution in [0.25, 0.3) is 16.9 Å². The fourth-order valence-electron chi connectivity index (χ4n) is 1.65. The van der Waals surface area contributed by atoms with Gasteiger partial charge in [-0.15, -0.1) is 0 Å². The van der Waals surface area contributed by atoms with Gasteiger partial charge in [0.25, 0.3) is 0 Å². The summed E-state index contributed by atoms with van der Waals surface area (Å²) in [4.78, 5) is 12.2. The fourth-order valence-corrected chi connectivity index (χ4v) is 1.84. The number of pyridine rings is 1. The second-order valence-electron chi connectivity index (χ2n) is 3.29. The molecule has 0 saturated carbocycles. The molecule has 0 fully saturated rings. The first-order valence-electron chi connectivity index (χ1n) is 4.74. The van der Waals surface area contributed by atoms with E-state index in [0.717, 1.165) is 16.9 Å². The van der Waals surface area contributed by atoms with Crippen molar-refractivity contribution < 1.29 is 0 Å². The molecule has 0 unspecified atom stereocenters. The van der Waals surface area contributed by atoms with E-state index >= 15 is 0 Å². The van der Waals surface area contributed by atoms with Gasteiger partial charge in [-0.2, -0.15) is 0 Å². The Bertz CT molecular complexity index is 647. The molecule has 0 aliphatic carbocycles. The maximum absolute atomic E-state index is 6.04. The molecular formula is C11H7ClN4. The standard InChI is InChI=1S/C11H7ClN4/c12-11-8(6-13-7-15-11)9-2-1-3-10-14-4-5-16(9)10/h1-7H. The third kappa shape index (κ3) is 1.35. The number of imidazole rings is 1. The molecular weight excluding hydrogens is 224 g/mol. The Labute approximate surface area is 96.6 Å². The largest absolute Gasteiger partial charge is 0.300 e. The highest BCUT2D eigenvalue weighted by Gasteiger charge is 2.07. The summed E-state index contributed by atoms with van der Waals surface area (Å²) in [5.74, 6) is 0.